The van der Waals surface area contributed by atoms with Crippen LogP contribution in [0.1, 0.15) is 11.1 Å². The monoisotopic (exact) mass is 175 g/mol. The topological polar surface area (TPSA) is 12.9 Å². The molecule has 1 rings (SSSR count). The molecular formula is C7H7Cl2N. The normalized spacial score (nSPS) is 9.90. The van der Waals surface area contributed by atoms with Crippen molar-refractivity contribution in [3.8, 4) is 0 Å². The van der Waals surface area contributed by atoms with Crippen molar-refractivity contribution < 1.29 is 0 Å². The molecule has 3 heteroatoms. The van der Waals surface area contributed by atoms with Gasteiger partial charge in [0.15, 0.2) is 0 Å². The highest BCUT2D eigenvalue weighted by Gasteiger charge is 1.97. The van der Waals surface area contributed by atoms with E-state index < -0.39 is 0 Å². The van der Waals surface area contributed by atoms with Gasteiger partial charge in [0.1, 0.15) is 5.15 Å². The second-order valence-electron chi connectivity index (χ2n) is 2.07. The van der Waals surface area contributed by atoms with Crippen LogP contribution < -0.4 is 0 Å². The van der Waals surface area contributed by atoms with Crippen LogP contribution in [0.5, 0.6) is 0 Å². The maximum Gasteiger partial charge on any atom is 0.129 e. The summed E-state index contributed by atoms with van der Waals surface area (Å²) in [5.74, 6) is 0.494. The van der Waals surface area contributed by atoms with Gasteiger partial charge >= 0.3 is 0 Å². The minimum absolute atomic E-state index is 0.494. The Balaban J connectivity index is 3.09. The molecule has 0 fully saturated rings. The summed E-state index contributed by atoms with van der Waals surface area (Å²) in [7, 11) is 0. The Kier molecular flexibility index (Phi) is 2.52. The van der Waals surface area contributed by atoms with Gasteiger partial charge < -0.3 is 0 Å². The van der Waals surface area contributed by atoms with Gasteiger partial charge in [0, 0.05) is 12.1 Å². The van der Waals surface area contributed by atoms with Gasteiger partial charge in [-0.05, 0) is 24.1 Å². The summed E-state index contributed by atoms with van der Waals surface area (Å²) in [5.41, 5.74) is 2.13. The van der Waals surface area contributed by atoms with E-state index in [0.29, 0.717) is 11.0 Å². The first-order valence-electron chi connectivity index (χ1n) is 2.91. The second kappa shape index (κ2) is 3.22. The Morgan fingerprint density at radius 3 is 2.80 bits per heavy atom. The summed E-state index contributed by atoms with van der Waals surface area (Å²) in [6.07, 6.45) is 1.72. The molecule has 0 N–H and O–H groups in total. The predicted octanol–water partition coefficient (Wildman–Crippen LogP) is 2.78. The number of aryl methyl sites for hydroxylation is 1. The Labute approximate surface area is 70.0 Å². The molecule has 0 spiro atoms. The Morgan fingerprint density at radius 1 is 1.60 bits per heavy atom. The van der Waals surface area contributed by atoms with E-state index in [1.165, 1.54) is 0 Å². The third kappa shape index (κ3) is 1.61. The van der Waals surface area contributed by atoms with E-state index in [4.69, 9.17) is 23.2 Å². The molecule has 0 bridgehead atoms. The van der Waals surface area contributed by atoms with E-state index in [1.54, 1.807) is 12.3 Å². The Hall–Kier alpha value is -0.270. The third-order valence-corrected chi connectivity index (χ3v) is 1.82. The summed E-state index contributed by atoms with van der Waals surface area (Å²) in [5, 5.41) is 0.501. The number of pyridine rings is 1. The van der Waals surface area contributed by atoms with Crippen LogP contribution in [0.15, 0.2) is 12.3 Å². The molecular weight excluding hydrogens is 169 g/mol. The van der Waals surface area contributed by atoms with Crippen molar-refractivity contribution in [1.29, 1.82) is 0 Å². The average molecular weight is 176 g/mol. The molecule has 54 valence electrons. The van der Waals surface area contributed by atoms with Gasteiger partial charge in [-0.25, -0.2) is 4.98 Å². The largest absolute Gasteiger partial charge is 0.244 e. The van der Waals surface area contributed by atoms with Crippen molar-refractivity contribution in [2.24, 2.45) is 0 Å². The summed E-state index contributed by atoms with van der Waals surface area (Å²) >= 11 is 11.2. The maximum atomic E-state index is 5.63. The van der Waals surface area contributed by atoms with E-state index >= 15 is 0 Å². The van der Waals surface area contributed by atoms with E-state index in [0.717, 1.165) is 11.1 Å². The van der Waals surface area contributed by atoms with Crippen molar-refractivity contribution in [3.05, 3.63) is 28.5 Å². The van der Waals surface area contributed by atoms with E-state index in [1.807, 2.05) is 6.92 Å². The van der Waals surface area contributed by atoms with Gasteiger partial charge in [-0.2, -0.15) is 0 Å². The average Bonchev–Trinajstić information content (AvgIpc) is 1.94. The SMILES string of the molecule is Cc1cnc(Cl)cc1CCl. The van der Waals surface area contributed by atoms with Gasteiger partial charge in [0.05, 0.1) is 0 Å². The minimum atomic E-state index is 0.494. The summed E-state index contributed by atoms with van der Waals surface area (Å²) in [6, 6.07) is 1.78. The van der Waals surface area contributed by atoms with Gasteiger partial charge in [-0.15, -0.1) is 11.6 Å². The zero-order valence-corrected chi connectivity index (χ0v) is 7.08. The molecule has 1 aromatic heterocycles. The zero-order chi connectivity index (χ0) is 7.56. The highest BCUT2D eigenvalue weighted by atomic mass is 35.5. The molecule has 0 radical (unpaired) electrons. The second-order valence-corrected chi connectivity index (χ2v) is 2.72. The van der Waals surface area contributed by atoms with Crippen molar-refractivity contribution in [3.63, 3.8) is 0 Å². The van der Waals surface area contributed by atoms with Crippen molar-refractivity contribution in [2.45, 2.75) is 12.8 Å². The molecule has 0 amide bonds. The fraction of sp³-hybridized carbons (Fsp3) is 0.286. The maximum absolute atomic E-state index is 5.63. The predicted molar refractivity (Wildman–Crippen MR) is 43.5 cm³/mol. The smallest absolute Gasteiger partial charge is 0.129 e. The molecule has 10 heavy (non-hydrogen) atoms. The van der Waals surface area contributed by atoms with Gasteiger partial charge in [-0.1, -0.05) is 11.6 Å². The van der Waals surface area contributed by atoms with Crippen LogP contribution >= 0.6 is 23.2 Å². The number of nitrogens with zero attached hydrogens (tertiary/aromatic N) is 1. The summed E-state index contributed by atoms with van der Waals surface area (Å²) in [4.78, 5) is 3.89. The van der Waals surface area contributed by atoms with Crippen molar-refractivity contribution in [1.82, 2.24) is 4.98 Å². The van der Waals surface area contributed by atoms with Crippen molar-refractivity contribution in [2.75, 3.05) is 0 Å². The molecule has 0 saturated carbocycles. The molecule has 0 unspecified atom stereocenters. The van der Waals surface area contributed by atoms with E-state index in [2.05, 4.69) is 4.98 Å². The fourth-order valence-electron chi connectivity index (χ4n) is 0.680. The van der Waals surface area contributed by atoms with Crippen LogP contribution in [0.3, 0.4) is 0 Å². The number of hydrogen-bond donors (Lipinski definition) is 0. The van der Waals surface area contributed by atoms with Crippen LogP contribution in [0.2, 0.25) is 5.15 Å². The molecule has 0 aliphatic heterocycles. The zero-order valence-electron chi connectivity index (χ0n) is 5.56. The number of rotatable bonds is 1. The number of hydrogen-bond acceptors (Lipinski definition) is 1. The molecule has 1 nitrogen and oxygen atoms in total. The lowest BCUT2D eigenvalue weighted by atomic mass is 10.2. The van der Waals surface area contributed by atoms with E-state index in [-0.39, 0.29) is 0 Å². The highest BCUT2D eigenvalue weighted by Crippen LogP contribution is 2.13. The van der Waals surface area contributed by atoms with Gasteiger partial charge in [0.25, 0.3) is 0 Å². The lowest BCUT2D eigenvalue weighted by Crippen LogP contribution is -1.86. The number of aromatic nitrogens is 1. The quantitative estimate of drug-likeness (QED) is 0.473. The van der Waals surface area contributed by atoms with Gasteiger partial charge in [-0.3, -0.25) is 0 Å². The van der Waals surface area contributed by atoms with Crippen LogP contribution in [0.4, 0.5) is 0 Å². The Morgan fingerprint density at radius 2 is 2.30 bits per heavy atom. The lowest BCUT2D eigenvalue weighted by molar-refractivity contribution is 1.20. The lowest BCUT2D eigenvalue weighted by Gasteiger charge is -1.99. The molecule has 0 aliphatic rings. The molecule has 1 heterocycles. The first kappa shape index (κ1) is 7.83. The van der Waals surface area contributed by atoms with Gasteiger partial charge in [0.2, 0.25) is 0 Å². The number of halogens is 2. The first-order chi connectivity index (χ1) is 4.74. The standard InChI is InChI=1S/C7H7Cl2N/c1-5-4-10-7(9)2-6(5)3-8/h2,4H,3H2,1H3. The molecule has 0 saturated heterocycles. The number of alkyl halides is 1. The third-order valence-electron chi connectivity index (χ3n) is 1.33. The van der Waals surface area contributed by atoms with Crippen LogP contribution in [0.25, 0.3) is 0 Å². The van der Waals surface area contributed by atoms with Crippen LogP contribution in [-0.4, -0.2) is 4.98 Å². The fourth-order valence-corrected chi connectivity index (χ4v) is 1.15. The summed E-state index contributed by atoms with van der Waals surface area (Å²) < 4.78 is 0. The van der Waals surface area contributed by atoms with E-state index in [9.17, 15) is 0 Å². The minimum Gasteiger partial charge on any atom is -0.244 e. The molecule has 0 aliphatic carbocycles. The molecule has 0 atom stereocenters. The molecule has 0 aromatic carbocycles. The van der Waals surface area contributed by atoms with Crippen molar-refractivity contribution >= 4 is 23.2 Å². The van der Waals surface area contributed by atoms with Crippen LogP contribution in [0, 0.1) is 6.92 Å². The highest BCUT2D eigenvalue weighted by molar-refractivity contribution is 6.29. The first-order valence-corrected chi connectivity index (χ1v) is 3.82. The molecule has 1 aromatic rings. The Bertz CT molecular complexity index is 235. The summed E-state index contributed by atoms with van der Waals surface area (Å²) in [6.45, 7) is 1.96. The van der Waals surface area contributed by atoms with Crippen LogP contribution in [-0.2, 0) is 5.88 Å².